The molecular formula is C9H17N. The van der Waals surface area contributed by atoms with Gasteiger partial charge in [0, 0.05) is 0 Å². The van der Waals surface area contributed by atoms with Crippen LogP contribution in [-0.4, -0.2) is 6.54 Å². The summed E-state index contributed by atoms with van der Waals surface area (Å²) in [5.41, 5.74) is 5.63. The number of fused-ring (bicyclic) bond motifs is 1. The van der Waals surface area contributed by atoms with Gasteiger partial charge in [0.2, 0.25) is 0 Å². The highest BCUT2D eigenvalue weighted by atomic mass is 14.6. The van der Waals surface area contributed by atoms with Crippen LogP contribution in [0.15, 0.2) is 0 Å². The molecule has 0 saturated heterocycles. The van der Waals surface area contributed by atoms with Crippen molar-refractivity contribution in [2.75, 3.05) is 6.54 Å². The molecule has 0 amide bonds. The molecular weight excluding hydrogens is 122 g/mol. The predicted octanol–water partition coefficient (Wildman–Crippen LogP) is 1.63. The summed E-state index contributed by atoms with van der Waals surface area (Å²) in [7, 11) is 0. The minimum absolute atomic E-state index is 0.789. The van der Waals surface area contributed by atoms with Crippen LogP contribution in [0, 0.1) is 23.7 Å². The summed E-state index contributed by atoms with van der Waals surface area (Å²) in [5.74, 6) is 4.00. The number of hydrogen-bond acceptors (Lipinski definition) is 1. The summed E-state index contributed by atoms with van der Waals surface area (Å²) in [6.45, 7) is 3.21. The molecule has 58 valence electrons. The van der Waals surface area contributed by atoms with Crippen LogP contribution in [0.1, 0.15) is 26.2 Å². The zero-order valence-electron chi connectivity index (χ0n) is 6.72. The SMILES string of the molecule is CC(CN)C1CCC2CC21. The van der Waals surface area contributed by atoms with Gasteiger partial charge in [0.1, 0.15) is 0 Å². The zero-order chi connectivity index (χ0) is 7.14. The minimum atomic E-state index is 0.789. The first-order valence-corrected chi connectivity index (χ1v) is 4.53. The average molecular weight is 139 g/mol. The molecule has 0 bridgehead atoms. The number of nitrogens with two attached hydrogens (primary N) is 1. The van der Waals surface area contributed by atoms with Gasteiger partial charge in [-0.15, -0.1) is 0 Å². The van der Waals surface area contributed by atoms with Crippen LogP contribution in [0.5, 0.6) is 0 Å². The lowest BCUT2D eigenvalue weighted by Crippen LogP contribution is -2.20. The van der Waals surface area contributed by atoms with Crippen molar-refractivity contribution >= 4 is 0 Å². The maximum Gasteiger partial charge on any atom is -0.00488 e. The quantitative estimate of drug-likeness (QED) is 0.618. The van der Waals surface area contributed by atoms with Gasteiger partial charge in [0.15, 0.2) is 0 Å². The van der Waals surface area contributed by atoms with Crippen molar-refractivity contribution in [3.05, 3.63) is 0 Å². The van der Waals surface area contributed by atoms with Crippen molar-refractivity contribution in [1.82, 2.24) is 0 Å². The molecule has 1 heteroatoms. The topological polar surface area (TPSA) is 26.0 Å². The summed E-state index contributed by atoms with van der Waals surface area (Å²) in [5, 5.41) is 0. The van der Waals surface area contributed by atoms with E-state index in [0.717, 1.165) is 30.2 Å². The van der Waals surface area contributed by atoms with E-state index in [1.807, 2.05) is 0 Å². The van der Waals surface area contributed by atoms with E-state index < -0.39 is 0 Å². The van der Waals surface area contributed by atoms with Gasteiger partial charge >= 0.3 is 0 Å². The molecule has 2 aliphatic carbocycles. The van der Waals surface area contributed by atoms with Gasteiger partial charge in [-0.05, 0) is 49.5 Å². The number of hydrogen-bond donors (Lipinski definition) is 1. The largest absolute Gasteiger partial charge is 0.330 e. The van der Waals surface area contributed by atoms with Crippen LogP contribution < -0.4 is 5.73 Å². The minimum Gasteiger partial charge on any atom is -0.330 e. The fraction of sp³-hybridized carbons (Fsp3) is 1.00. The van der Waals surface area contributed by atoms with Crippen molar-refractivity contribution in [2.45, 2.75) is 26.2 Å². The predicted molar refractivity (Wildman–Crippen MR) is 42.5 cm³/mol. The molecule has 4 unspecified atom stereocenters. The first kappa shape index (κ1) is 6.66. The molecule has 10 heavy (non-hydrogen) atoms. The third kappa shape index (κ3) is 0.878. The Morgan fingerprint density at radius 1 is 1.50 bits per heavy atom. The second-order valence-electron chi connectivity index (χ2n) is 4.11. The lowest BCUT2D eigenvalue weighted by Gasteiger charge is -2.18. The second kappa shape index (κ2) is 2.23. The maximum atomic E-state index is 5.63. The van der Waals surface area contributed by atoms with E-state index in [2.05, 4.69) is 6.92 Å². The van der Waals surface area contributed by atoms with E-state index >= 15 is 0 Å². The van der Waals surface area contributed by atoms with Gasteiger partial charge in [-0.25, -0.2) is 0 Å². The van der Waals surface area contributed by atoms with Crippen LogP contribution in [0.3, 0.4) is 0 Å². The first-order chi connectivity index (χ1) is 4.83. The van der Waals surface area contributed by atoms with E-state index in [0.29, 0.717) is 0 Å². The van der Waals surface area contributed by atoms with E-state index in [1.54, 1.807) is 0 Å². The smallest absolute Gasteiger partial charge is 0.00488 e. The lowest BCUT2D eigenvalue weighted by molar-refractivity contribution is 0.335. The summed E-state index contributed by atoms with van der Waals surface area (Å²) < 4.78 is 0. The Morgan fingerprint density at radius 2 is 2.30 bits per heavy atom. The molecule has 2 rings (SSSR count). The highest BCUT2D eigenvalue weighted by molar-refractivity contribution is 4.98. The Balaban J connectivity index is 1.92. The molecule has 2 saturated carbocycles. The molecule has 0 heterocycles. The summed E-state index contributed by atoms with van der Waals surface area (Å²) in [6, 6.07) is 0. The van der Waals surface area contributed by atoms with Gasteiger partial charge in [0.25, 0.3) is 0 Å². The maximum absolute atomic E-state index is 5.63. The fourth-order valence-electron chi connectivity index (χ4n) is 2.63. The van der Waals surface area contributed by atoms with Crippen molar-refractivity contribution in [3.63, 3.8) is 0 Å². The van der Waals surface area contributed by atoms with Gasteiger partial charge < -0.3 is 5.73 Å². The highest BCUT2D eigenvalue weighted by Crippen LogP contribution is 2.57. The third-order valence-corrected chi connectivity index (χ3v) is 3.50. The molecule has 4 atom stereocenters. The van der Waals surface area contributed by atoms with E-state index in [9.17, 15) is 0 Å². The monoisotopic (exact) mass is 139 g/mol. The molecule has 2 N–H and O–H groups in total. The molecule has 0 aromatic heterocycles. The molecule has 0 spiro atoms. The molecule has 2 fully saturated rings. The number of rotatable bonds is 2. The normalized spacial score (nSPS) is 46.8. The Labute approximate surface area is 63.0 Å². The second-order valence-corrected chi connectivity index (χ2v) is 4.11. The Kier molecular flexibility index (Phi) is 1.48. The Morgan fingerprint density at radius 3 is 2.70 bits per heavy atom. The molecule has 0 aromatic rings. The molecule has 0 aliphatic heterocycles. The summed E-state index contributed by atoms with van der Waals surface area (Å²) >= 11 is 0. The van der Waals surface area contributed by atoms with Crippen LogP contribution in [0.4, 0.5) is 0 Å². The zero-order valence-corrected chi connectivity index (χ0v) is 6.72. The van der Waals surface area contributed by atoms with Crippen molar-refractivity contribution in [1.29, 1.82) is 0 Å². The van der Waals surface area contributed by atoms with Crippen molar-refractivity contribution in [2.24, 2.45) is 29.4 Å². The van der Waals surface area contributed by atoms with Gasteiger partial charge in [-0.3, -0.25) is 0 Å². The molecule has 1 nitrogen and oxygen atoms in total. The van der Waals surface area contributed by atoms with E-state index in [1.165, 1.54) is 19.3 Å². The van der Waals surface area contributed by atoms with Crippen LogP contribution in [-0.2, 0) is 0 Å². The Hall–Kier alpha value is -0.0400. The van der Waals surface area contributed by atoms with Gasteiger partial charge in [0.05, 0.1) is 0 Å². The molecule has 0 radical (unpaired) electrons. The third-order valence-electron chi connectivity index (χ3n) is 3.50. The van der Waals surface area contributed by atoms with E-state index in [4.69, 9.17) is 5.73 Å². The fourth-order valence-corrected chi connectivity index (χ4v) is 2.63. The van der Waals surface area contributed by atoms with Gasteiger partial charge in [-0.2, -0.15) is 0 Å². The lowest BCUT2D eigenvalue weighted by atomic mass is 9.89. The van der Waals surface area contributed by atoms with Crippen molar-refractivity contribution in [3.8, 4) is 0 Å². The standard InChI is InChI=1S/C9H17N/c1-6(5-10)8-3-2-7-4-9(7)8/h6-9H,2-5,10H2,1H3. The highest BCUT2D eigenvalue weighted by Gasteiger charge is 2.48. The van der Waals surface area contributed by atoms with Crippen molar-refractivity contribution < 1.29 is 0 Å². The first-order valence-electron chi connectivity index (χ1n) is 4.53. The molecule has 2 aliphatic rings. The van der Waals surface area contributed by atoms with E-state index in [-0.39, 0.29) is 0 Å². The van der Waals surface area contributed by atoms with Crippen LogP contribution in [0.2, 0.25) is 0 Å². The summed E-state index contributed by atoms with van der Waals surface area (Å²) in [6.07, 6.45) is 4.49. The van der Waals surface area contributed by atoms with Gasteiger partial charge in [-0.1, -0.05) is 6.92 Å². The van der Waals surface area contributed by atoms with Crippen LogP contribution in [0.25, 0.3) is 0 Å². The Bertz CT molecular complexity index is 133. The van der Waals surface area contributed by atoms with Crippen LogP contribution >= 0.6 is 0 Å². The summed E-state index contributed by atoms with van der Waals surface area (Å²) in [4.78, 5) is 0. The molecule has 0 aromatic carbocycles. The average Bonchev–Trinajstić information content (AvgIpc) is 2.62.